The van der Waals surface area contributed by atoms with E-state index in [2.05, 4.69) is 10.3 Å². The fourth-order valence-corrected chi connectivity index (χ4v) is 3.74. The van der Waals surface area contributed by atoms with E-state index < -0.39 is 0 Å². The van der Waals surface area contributed by atoms with E-state index in [9.17, 15) is 4.79 Å². The van der Waals surface area contributed by atoms with Crippen LogP contribution in [0.2, 0.25) is 5.02 Å². The van der Waals surface area contributed by atoms with Gasteiger partial charge in [-0.3, -0.25) is 4.79 Å². The molecule has 2 aromatic rings. The standard InChI is InChI=1S/C15H15ClN2OS/c16-11-6-4-8-17-14(11)18-15(19)13-9-10-5-2-1-3-7-12(10)20-13/h4,6,8-9H,1-3,5,7H2,(H,17,18,19). The fourth-order valence-electron chi connectivity index (χ4n) is 2.43. The number of aromatic nitrogens is 1. The Labute approximate surface area is 127 Å². The van der Waals surface area contributed by atoms with Crippen LogP contribution in [0.5, 0.6) is 0 Å². The molecule has 20 heavy (non-hydrogen) atoms. The van der Waals surface area contributed by atoms with Crippen molar-refractivity contribution >= 4 is 34.7 Å². The van der Waals surface area contributed by atoms with Gasteiger partial charge >= 0.3 is 0 Å². The molecule has 0 radical (unpaired) electrons. The lowest BCUT2D eigenvalue weighted by Crippen LogP contribution is -2.11. The molecule has 3 rings (SSSR count). The number of carbonyl (C=O) groups excluding carboxylic acids is 1. The van der Waals surface area contributed by atoms with E-state index in [1.54, 1.807) is 29.7 Å². The van der Waals surface area contributed by atoms with Crippen molar-refractivity contribution in [2.75, 3.05) is 5.32 Å². The molecule has 2 heterocycles. The number of anilines is 1. The van der Waals surface area contributed by atoms with Gasteiger partial charge in [-0.25, -0.2) is 4.98 Å². The maximum absolute atomic E-state index is 12.3. The number of thiophene rings is 1. The summed E-state index contributed by atoms with van der Waals surface area (Å²) < 4.78 is 0. The van der Waals surface area contributed by atoms with Crippen molar-refractivity contribution in [2.45, 2.75) is 32.1 Å². The number of nitrogens with one attached hydrogen (secondary N) is 1. The Bertz CT molecular complexity index is 615. The topological polar surface area (TPSA) is 42.0 Å². The van der Waals surface area contributed by atoms with Gasteiger partial charge in [-0.2, -0.15) is 0 Å². The summed E-state index contributed by atoms with van der Waals surface area (Å²) in [7, 11) is 0. The Morgan fingerprint density at radius 1 is 1.30 bits per heavy atom. The van der Waals surface area contributed by atoms with Crippen molar-refractivity contribution in [3.05, 3.63) is 44.7 Å². The Hall–Kier alpha value is -1.39. The highest BCUT2D eigenvalue weighted by molar-refractivity contribution is 7.14. The SMILES string of the molecule is O=C(Nc1ncccc1Cl)c1cc2c(s1)CCCCC2. The predicted octanol–water partition coefficient (Wildman–Crippen LogP) is 4.32. The average Bonchev–Trinajstić information content (AvgIpc) is 2.73. The van der Waals surface area contributed by atoms with Crippen molar-refractivity contribution in [3.63, 3.8) is 0 Å². The highest BCUT2D eigenvalue weighted by atomic mass is 35.5. The number of amides is 1. The summed E-state index contributed by atoms with van der Waals surface area (Å²) in [6, 6.07) is 5.48. The number of nitrogens with zero attached hydrogens (tertiary/aromatic N) is 1. The lowest BCUT2D eigenvalue weighted by molar-refractivity contribution is 0.103. The molecular weight excluding hydrogens is 292 g/mol. The van der Waals surface area contributed by atoms with Crippen LogP contribution in [0.1, 0.15) is 39.4 Å². The number of halogens is 1. The van der Waals surface area contributed by atoms with Crippen molar-refractivity contribution in [2.24, 2.45) is 0 Å². The molecule has 1 aliphatic carbocycles. The molecule has 0 bridgehead atoms. The smallest absolute Gasteiger partial charge is 0.266 e. The van der Waals surface area contributed by atoms with Gasteiger partial charge in [-0.1, -0.05) is 18.0 Å². The molecule has 0 atom stereocenters. The maximum Gasteiger partial charge on any atom is 0.266 e. The zero-order valence-corrected chi connectivity index (χ0v) is 12.6. The third kappa shape index (κ3) is 2.86. The molecule has 3 nitrogen and oxygen atoms in total. The van der Waals surface area contributed by atoms with Crippen LogP contribution >= 0.6 is 22.9 Å². The summed E-state index contributed by atoms with van der Waals surface area (Å²) in [5.74, 6) is 0.298. The molecule has 0 saturated carbocycles. The second kappa shape index (κ2) is 5.94. The molecule has 5 heteroatoms. The quantitative estimate of drug-likeness (QED) is 0.840. The minimum Gasteiger partial charge on any atom is -0.305 e. The van der Waals surface area contributed by atoms with E-state index in [4.69, 9.17) is 11.6 Å². The van der Waals surface area contributed by atoms with Crippen molar-refractivity contribution in [1.82, 2.24) is 4.98 Å². The minimum absolute atomic E-state index is 0.122. The molecule has 0 fully saturated rings. The largest absolute Gasteiger partial charge is 0.305 e. The van der Waals surface area contributed by atoms with Gasteiger partial charge in [0.05, 0.1) is 9.90 Å². The first-order valence-electron chi connectivity index (χ1n) is 6.77. The molecule has 0 aromatic carbocycles. The van der Waals surface area contributed by atoms with E-state index in [0.29, 0.717) is 10.8 Å². The molecule has 1 N–H and O–H groups in total. The number of hydrogen-bond donors (Lipinski definition) is 1. The third-order valence-corrected chi connectivity index (χ3v) is 5.00. The summed E-state index contributed by atoms with van der Waals surface area (Å²) in [5, 5.41) is 3.24. The number of pyridine rings is 1. The highest BCUT2D eigenvalue weighted by Crippen LogP contribution is 2.29. The van der Waals surface area contributed by atoms with Gasteiger partial charge in [-0.15, -0.1) is 11.3 Å². The van der Waals surface area contributed by atoms with Crippen molar-refractivity contribution in [3.8, 4) is 0 Å². The molecule has 104 valence electrons. The molecule has 0 spiro atoms. The first kappa shape index (κ1) is 13.6. The molecule has 0 saturated heterocycles. The van der Waals surface area contributed by atoms with Crippen LogP contribution in [0.4, 0.5) is 5.82 Å². The molecule has 1 amide bonds. The molecular formula is C15H15ClN2OS. The van der Waals surface area contributed by atoms with Gasteiger partial charge in [0.15, 0.2) is 5.82 Å². The van der Waals surface area contributed by atoms with E-state index >= 15 is 0 Å². The Morgan fingerprint density at radius 2 is 2.15 bits per heavy atom. The zero-order valence-electron chi connectivity index (χ0n) is 11.0. The normalized spacial score (nSPS) is 14.4. The van der Waals surface area contributed by atoms with Crippen LogP contribution < -0.4 is 5.32 Å². The third-order valence-electron chi connectivity index (χ3n) is 3.46. The predicted molar refractivity (Wildman–Crippen MR) is 82.8 cm³/mol. The number of carbonyl (C=O) groups is 1. The second-order valence-electron chi connectivity index (χ2n) is 4.91. The van der Waals surface area contributed by atoms with Gasteiger partial charge in [0, 0.05) is 11.1 Å². The van der Waals surface area contributed by atoms with Gasteiger partial charge < -0.3 is 5.32 Å². The summed E-state index contributed by atoms with van der Waals surface area (Å²) in [6.45, 7) is 0. The monoisotopic (exact) mass is 306 g/mol. The Kier molecular flexibility index (Phi) is 4.03. The van der Waals surface area contributed by atoms with Crippen LogP contribution in [0.3, 0.4) is 0 Å². The van der Waals surface area contributed by atoms with Gasteiger partial charge in [-0.05, 0) is 49.4 Å². The van der Waals surface area contributed by atoms with Gasteiger partial charge in [0.2, 0.25) is 0 Å². The number of hydrogen-bond acceptors (Lipinski definition) is 3. The summed E-state index contributed by atoms with van der Waals surface area (Å²) in [5.41, 5.74) is 1.34. The lowest BCUT2D eigenvalue weighted by atomic mass is 10.1. The van der Waals surface area contributed by atoms with Gasteiger partial charge in [0.25, 0.3) is 5.91 Å². The van der Waals surface area contributed by atoms with Crippen LogP contribution in [0.15, 0.2) is 24.4 Å². The van der Waals surface area contributed by atoms with Crippen LogP contribution in [0, 0.1) is 0 Å². The van der Waals surface area contributed by atoms with Crippen molar-refractivity contribution < 1.29 is 4.79 Å². The van der Waals surface area contributed by atoms with Crippen molar-refractivity contribution in [1.29, 1.82) is 0 Å². The summed E-state index contributed by atoms with van der Waals surface area (Å²) >= 11 is 7.60. The highest BCUT2D eigenvalue weighted by Gasteiger charge is 2.17. The average molecular weight is 307 g/mol. The number of fused-ring (bicyclic) bond motifs is 1. The van der Waals surface area contributed by atoms with E-state index in [-0.39, 0.29) is 5.91 Å². The van der Waals surface area contributed by atoms with Crippen LogP contribution in [-0.2, 0) is 12.8 Å². The van der Waals surface area contributed by atoms with Crippen LogP contribution in [0.25, 0.3) is 0 Å². The van der Waals surface area contributed by atoms with E-state index in [0.717, 1.165) is 17.7 Å². The van der Waals surface area contributed by atoms with E-state index in [1.165, 1.54) is 29.7 Å². The summed E-state index contributed by atoms with van der Waals surface area (Å²) in [4.78, 5) is 18.5. The Balaban J connectivity index is 1.79. The van der Waals surface area contributed by atoms with E-state index in [1.807, 2.05) is 6.07 Å². The number of aryl methyl sites for hydroxylation is 2. The number of rotatable bonds is 2. The Morgan fingerprint density at radius 3 is 3.00 bits per heavy atom. The maximum atomic E-state index is 12.3. The molecule has 0 aliphatic heterocycles. The lowest BCUT2D eigenvalue weighted by Gasteiger charge is -2.03. The van der Waals surface area contributed by atoms with Crippen LogP contribution in [-0.4, -0.2) is 10.9 Å². The first-order chi connectivity index (χ1) is 9.74. The molecule has 1 aliphatic rings. The molecule has 0 unspecified atom stereocenters. The zero-order chi connectivity index (χ0) is 13.9. The first-order valence-corrected chi connectivity index (χ1v) is 7.97. The fraction of sp³-hybridized carbons (Fsp3) is 0.333. The summed E-state index contributed by atoms with van der Waals surface area (Å²) in [6.07, 6.45) is 7.52. The van der Waals surface area contributed by atoms with Gasteiger partial charge in [0.1, 0.15) is 0 Å². The second-order valence-corrected chi connectivity index (χ2v) is 6.45. The minimum atomic E-state index is -0.122. The molecule has 2 aromatic heterocycles.